The summed E-state index contributed by atoms with van der Waals surface area (Å²) in [5, 5.41) is 0.775. The zero-order valence-electron chi connectivity index (χ0n) is 10.7. The van der Waals surface area contributed by atoms with E-state index >= 15 is 0 Å². The van der Waals surface area contributed by atoms with Crippen LogP contribution in [0.5, 0.6) is 0 Å². The predicted octanol–water partition coefficient (Wildman–Crippen LogP) is 5.27. The maximum atomic E-state index is 5.99. The van der Waals surface area contributed by atoms with Crippen LogP contribution in [0.3, 0.4) is 0 Å². The first-order valence-corrected chi connectivity index (χ1v) is 7.76. The first kappa shape index (κ1) is 15.3. The molecule has 0 fully saturated rings. The molecule has 1 aromatic carbocycles. The van der Waals surface area contributed by atoms with E-state index in [0.29, 0.717) is 5.41 Å². The minimum Gasteiger partial charge on any atom is -0.373 e. The van der Waals surface area contributed by atoms with Crippen LogP contribution < -0.4 is 0 Å². The highest BCUT2D eigenvalue weighted by atomic mass is 127. The van der Waals surface area contributed by atoms with Gasteiger partial charge in [-0.25, -0.2) is 0 Å². The van der Waals surface area contributed by atoms with Crippen LogP contribution in [0.4, 0.5) is 0 Å². The lowest BCUT2D eigenvalue weighted by atomic mass is 9.93. The molecule has 1 unspecified atom stereocenters. The van der Waals surface area contributed by atoms with E-state index in [1.807, 2.05) is 18.2 Å². The van der Waals surface area contributed by atoms with Gasteiger partial charge in [-0.1, -0.05) is 67.1 Å². The van der Waals surface area contributed by atoms with Crippen molar-refractivity contribution >= 4 is 34.2 Å². The first-order chi connectivity index (χ1) is 7.92. The number of alkyl halides is 1. The Labute approximate surface area is 123 Å². The maximum Gasteiger partial charge on any atom is 0.0914 e. The number of ether oxygens (including phenoxy) is 1. The Bertz CT molecular complexity index is 346. The molecule has 0 amide bonds. The zero-order chi connectivity index (χ0) is 12.9. The molecule has 0 saturated heterocycles. The highest BCUT2D eigenvalue weighted by Gasteiger charge is 2.14. The van der Waals surface area contributed by atoms with E-state index in [1.165, 1.54) is 5.56 Å². The highest BCUT2D eigenvalue weighted by Crippen LogP contribution is 2.25. The normalized spacial score (nSPS) is 13.7. The van der Waals surface area contributed by atoms with Gasteiger partial charge in [-0.2, -0.15) is 0 Å². The van der Waals surface area contributed by atoms with E-state index in [4.69, 9.17) is 16.3 Å². The summed E-state index contributed by atoms with van der Waals surface area (Å²) in [6, 6.07) is 7.93. The molecule has 1 aromatic rings. The fraction of sp³-hybridized carbons (Fsp3) is 0.571. The molecular formula is C14H20ClIO. The summed E-state index contributed by atoms with van der Waals surface area (Å²) >= 11 is 8.35. The monoisotopic (exact) mass is 366 g/mol. The Morgan fingerprint density at radius 2 is 2.06 bits per heavy atom. The van der Waals surface area contributed by atoms with Gasteiger partial charge in [-0.05, 0) is 29.5 Å². The van der Waals surface area contributed by atoms with Gasteiger partial charge in [-0.3, -0.25) is 0 Å². The van der Waals surface area contributed by atoms with Crippen LogP contribution in [0.1, 0.15) is 38.9 Å². The number of benzene rings is 1. The van der Waals surface area contributed by atoms with Gasteiger partial charge in [-0.15, -0.1) is 0 Å². The summed E-state index contributed by atoms with van der Waals surface area (Å²) in [6.45, 7) is 7.49. The fourth-order valence-electron chi connectivity index (χ4n) is 1.44. The van der Waals surface area contributed by atoms with Crippen molar-refractivity contribution in [2.24, 2.45) is 5.41 Å². The molecule has 3 heteroatoms. The minimum atomic E-state index is 0.150. The van der Waals surface area contributed by atoms with E-state index in [-0.39, 0.29) is 6.10 Å². The molecule has 0 heterocycles. The lowest BCUT2D eigenvalue weighted by molar-refractivity contribution is 0.0531. The van der Waals surface area contributed by atoms with Crippen LogP contribution in [-0.4, -0.2) is 11.0 Å². The molecule has 0 radical (unpaired) electrons. The molecule has 0 bridgehead atoms. The first-order valence-electron chi connectivity index (χ1n) is 5.85. The maximum absolute atomic E-state index is 5.99. The van der Waals surface area contributed by atoms with Crippen LogP contribution in [0, 0.1) is 5.41 Å². The second-order valence-electron chi connectivity index (χ2n) is 5.38. The fourth-order valence-corrected chi connectivity index (χ4v) is 2.41. The van der Waals surface area contributed by atoms with Crippen molar-refractivity contribution in [2.75, 3.05) is 11.0 Å². The molecule has 1 atom stereocenters. The van der Waals surface area contributed by atoms with Gasteiger partial charge in [0.15, 0.2) is 0 Å². The lowest BCUT2D eigenvalue weighted by Gasteiger charge is -2.21. The summed E-state index contributed by atoms with van der Waals surface area (Å²) in [5.41, 5.74) is 1.49. The smallest absolute Gasteiger partial charge is 0.0914 e. The number of hydrogen-bond acceptors (Lipinski definition) is 1. The number of rotatable bonds is 5. The van der Waals surface area contributed by atoms with Crippen molar-refractivity contribution in [3.05, 3.63) is 34.9 Å². The van der Waals surface area contributed by atoms with E-state index in [9.17, 15) is 0 Å². The van der Waals surface area contributed by atoms with Crippen molar-refractivity contribution in [2.45, 2.75) is 33.3 Å². The molecule has 1 rings (SSSR count). The third-order valence-electron chi connectivity index (χ3n) is 2.53. The van der Waals surface area contributed by atoms with Gasteiger partial charge in [0, 0.05) is 16.1 Å². The minimum absolute atomic E-state index is 0.150. The molecule has 0 spiro atoms. The van der Waals surface area contributed by atoms with Gasteiger partial charge in [0.1, 0.15) is 0 Å². The summed E-state index contributed by atoms with van der Waals surface area (Å²) in [5.74, 6) is 0. The summed E-state index contributed by atoms with van der Waals surface area (Å²) in [6.07, 6.45) is 1.22. The molecule has 17 heavy (non-hydrogen) atoms. The van der Waals surface area contributed by atoms with Crippen LogP contribution in [0.15, 0.2) is 24.3 Å². The third-order valence-corrected chi connectivity index (χ3v) is 3.57. The Balaban J connectivity index is 2.54. The highest BCUT2D eigenvalue weighted by molar-refractivity contribution is 14.1. The average molecular weight is 367 g/mol. The van der Waals surface area contributed by atoms with E-state index in [1.54, 1.807) is 0 Å². The summed E-state index contributed by atoms with van der Waals surface area (Å²) in [4.78, 5) is 0. The largest absolute Gasteiger partial charge is 0.373 e. The van der Waals surface area contributed by atoms with E-state index in [0.717, 1.165) is 22.5 Å². The van der Waals surface area contributed by atoms with Crippen molar-refractivity contribution in [1.82, 2.24) is 0 Å². The molecule has 96 valence electrons. The zero-order valence-corrected chi connectivity index (χ0v) is 13.6. The molecule has 0 aliphatic rings. The summed E-state index contributed by atoms with van der Waals surface area (Å²) < 4.78 is 6.89. The van der Waals surface area contributed by atoms with Gasteiger partial charge in [0.25, 0.3) is 0 Å². The molecule has 0 aromatic heterocycles. The summed E-state index contributed by atoms with van der Waals surface area (Å²) in [7, 11) is 0. The van der Waals surface area contributed by atoms with Crippen molar-refractivity contribution < 1.29 is 4.74 Å². The molecule has 0 aliphatic carbocycles. The van der Waals surface area contributed by atoms with Gasteiger partial charge in [0.05, 0.1) is 6.10 Å². The Morgan fingerprint density at radius 1 is 1.35 bits per heavy atom. The van der Waals surface area contributed by atoms with Crippen molar-refractivity contribution in [1.29, 1.82) is 0 Å². The van der Waals surface area contributed by atoms with Crippen LogP contribution in [0.25, 0.3) is 0 Å². The molecule has 0 N–H and O–H groups in total. The lowest BCUT2D eigenvalue weighted by Crippen LogP contribution is -2.13. The molecule has 0 saturated carbocycles. The van der Waals surface area contributed by atoms with E-state index in [2.05, 4.69) is 49.4 Å². The Kier molecular flexibility index (Phi) is 6.24. The number of halogens is 2. The van der Waals surface area contributed by atoms with Crippen LogP contribution in [0.2, 0.25) is 5.02 Å². The predicted molar refractivity (Wildman–Crippen MR) is 83.1 cm³/mol. The average Bonchev–Trinajstić information content (AvgIpc) is 2.23. The number of hydrogen-bond donors (Lipinski definition) is 0. The van der Waals surface area contributed by atoms with Crippen molar-refractivity contribution in [3.8, 4) is 0 Å². The topological polar surface area (TPSA) is 9.23 Å². The second kappa shape index (κ2) is 6.95. The standard InChI is InChI=1S/C14H20ClIO/c1-14(2,3)7-8-17-13(10-16)11-5-4-6-12(15)9-11/h4-6,9,13H,7-8,10H2,1-3H3. The second-order valence-corrected chi connectivity index (χ2v) is 6.70. The molecule has 1 nitrogen and oxygen atoms in total. The molecular weight excluding hydrogens is 347 g/mol. The van der Waals surface area contributed by atoms with Crippen LogP contribution in [-0.2, 0) is 4.74 Å². The van der Waals surface area contributed by atoms with Crippen LogP contribution >= 0.6 is 34.2 Å². The third kappa shape index (κ3) is 6.07. The Morgan fingerprint density at radius 3 is 2.59 bits per heavy atom. The van der Waals surface area contributed by atoms with Crippen molar-refractivity contribution in [3.63, 3.8) is 0 Å². The Hall–Kier alpha value is 0.200. The quantitative estimate of drug-likeness (QED) is 0.509. The molecule has 0 aliphatic heterocycles. The van der Waals surface area contributed by atoms with Gasteiger partial charge < -0.3 is 4.74 Å². The SMILES string of the molecule is CC(C)(C)CCOC(CI)c1cccc(Cl)c1. The van der Waals surface area contributed by atoms with Gasteiger partial charge in [0.2, 0.25) is 0 Å². The van der Waals surface area contributed by atoms with Gasteiger partial charge >= 0.3 is 0 Å². The van der Waals surface area contributed by atoms with E-state index < -0.39 is 0 Å².